The number of hydrogen-bond donors (Lipinski definition) is 1. The van der Waals surface area contributed by atoms with Crippen LogP contribution in [-0.2, 0) is 14.5 Å². The van der Waals surface area contributed by atoms with Gasteiger partial charge in [0.2, 0.25) is 11.8 Å². The fourth-order valence-corrected chi connectivity index (χ4v) is 5.55. The number of carbonyl (C=O) groups excluding carboxylic acids is 2. The quantitative estimate of drug-likeness (QED) is 0.858. The number of fused-ring (bicyclic) bond motifs is 1. The highest BCUT2D eigenvalue weighted by Crippen LogP contribution is 2.54. The van der Waals surface area contributed by atoms with E-state index in [9.17, 15) is 9.59 Å². The van der Waals surface area contributed by atoms with Crippen LogP contribution >= 0.6 is 11.8 Å². The molecule has 0 aromatic heterocycles. The first kappa shape index (κ1) is 17.9. The van der Waals surface area contributed by atoms with E-state index in [-0.39, 0.29) is 11.8 Å². The molecule has 27 heavy (non-hydrogen) atoms. The fraction of sp³-hybridized carbons (Fsp3) is 0.333. The largest absolute Gasteiger partial charge is 0.492 e. The van der Waals surface area contributed by atoms with Gasteiger partial charge in [0.05, 0.1) is 12.3 Å². The normalized spacial score (nSPS) is 24.0. The molecule has 5 nitrogen and oxygen atoms in total. The molecule has 6 heteroatoms. The molecule has 2 saturated heterocycles. The van der Waals surface area contributed by atoms with Gasteiger partial charge in [-0.3, -0.25) is 9.59 Å². The summed E-state index contributed by atoms with van der Waals surface area (Å²) in [4.78, 5) is 27.1. The van der Waals surface area contributed by atoms with E-state index in [1.807, 2.05) is 61.5 Å². The molecule has 0 spiro atoms. The van der Waals surface area contributed by atoms with Crippen molar-refractivity contribution >= 4 is 29.3 Å². The molecule has 0 bridgehead atoms. The van der Waals surface area contributed by atoms with Crippen LogP contribution in [0, 0.1) is 0 Å². The third-order valence-electron chi connectivity index (χ3n) is 5.10. The number of rotatable bonds is 5. The summed E-state index contributed by atoms with van der Waals surface area (Å²) >= 11 is 1.69. The van der Waals surface area contributed by atoms with Crippen molar-refractivity contribution in [2.75, 3.05) is 17.7 Å². The SMILES string of the molecule is CCOc1ccccc1NC(=O)[C@H]1CS[C@]2(c3ccccc3)CCC(=O)N12. The third-order valence-corrected chi connectivity index (χ3v) is 6.70. The molecular formula is C21H22N2O3S. The van der Waals surface area contributed by atoms with Crippen LogP contribution in [0.5, 0.6) is 5.75 Å². The average molecular weight is 382 g/mol. The summed E-state index contributed by atoms with van der Waals surface area (Å²) in [5.41, 5.74) is 1.73. The van der Waals surface area contributed by atoms with Gasteiger partial charge in [0.15, 0.2) is 0 Å². The summed E-state index contributed by atoms with van der Waals surface area (Å²) < 4.78 is 5.60. The van der Waals surface area contributed by atoms with Crippen molar-refractivity contribution in [3.8, 4) is 5.75 Å². The number of nitrogens with one attached hydrogen (secondary N) is 1. The Balaban J connectivity index is 1.60. The summed E-state index contributed by atoms with van der Waals surface area (Å²) in [6, 6.07) is 16.9. The summed E-state index contributed by atoms with van der Waals surface area (Å²) in [7, 11) is 0. The zero-order valence-corrected chi connectivity index (χ0v) is 16.0. The summed E-state index contributed by atoms with van der Waals surface area (Å²) in [5.74, 6) is 1.11. The first-order valence-electron chi connectivity index (χ1n) is 9.20. The monoisotopic (exact) mass is 382 g/mol. The Bertz CT molecular complexity index is 858. The van der Waals surface area contributed by atoms with Crippen molar-refractivity contribution in [1.82, 2.24) is 4.90 Å². The molecule has 2 amide bonds. The van der Waals surface area contributed by atoms with Gasteiger partial charge in [-0.15, -0.1) is 11.8 Å². The molecule has 0 radical (unpaired) electrons. The molecule has 2 atom stereocenters. The summed E-state index contributed by atoms with van der Waals surface area (Å²) in [6.07, 6.45) is 1.21. The van der Waals surface area contributed by atoms with E-state index in [4.69, 9.17) is 4.74 Å². The molecule has 2 aliphatic rings. The van der Waals surface area contributed by atoms with Crippen molar-refractivity contribution in [3.63, 3.8) is 0 Å². The molecule has 140 valence electrons. The van der Waals surface area contributed by atoms with E-state index in [0.29, 0.717) is 30.2 Å². The average Bonchev–Trinajstić information content (AvgIpc) is 3.24. The first-order valence-corrected chi connectivity index (χ1v) is 10.2. The Kier molecular flexibility index (Phi) is 4.83. The number of hydrogen-bond acceptors (Lipinski definition) is 4. The lowest BCUT2D eigenvalue weighted by atomic mass is 10.0. The van der Waals surface area contributed by atoms with E-state index < -0.39 is 10.9 Å². The maximum atomic E-state index is 13.1. The summed E-state index contributed by atoms with van der Waals surface area (Å²) in [6.45, 7) is 2.43. The molecule has 0 saturated carbocycles. The van der Waals surface area contributed by atoms with Crippen molar-refractivity contribution < 1.29 is 14.3 Å². The van der Waals surface area contributed by atoms with E-state index >= 15 is 0 Å². The zero-order chi connectivity index (χ0) is 18.9. The van der Waals surface area contributed by atoms with Crippen LogP contribution < -0.4 is 10.1 Å². The predicted molar refractivity (Wildman–Crippen MR) is 107 cm³/mol. The number of nitrogens with zero attached hydrogens (tertiary/aromatic N) is 1. The molecule has 2 aromatic rings. The molecule has 2 aliphatic heterocycles. The Morgan fingerprint density at radius 1 is 1.22 bits per heavy atom. The number of carbonyl (C=O) groups is 2. The molecule has 0 aliphatic carbocycles. The smallest absolute Gasteiger partial charge is 0.248 e. The van der Waals surface area contributed by atoms with E-state index in [2.05, 4.69) is 5.32 Å². The second kappa shape index (κ2) is 7.27. The van der Waals surface area contributed by atoms with Crippen molar-refractivity contribution in [3.05, 3.63) is 60.2 Å². The number of thioether (sulfide) groups is 1. The lowest BCUT2D eigenvalue weighted by Crippen LogP contribution is -2.48. The van der Waals surface area contributed by atoms with Gasteiger partial charge in [0, 0.05) is 12.2 Å². The van der Waals surface area contributed by atoms with Crippen molar-refractivity contribution in [1.29, 1.82) is 0 Å². The minimum absolute atomic E-state index is 0.0436. The second-order valence-electron chi connectivity index (χ2n) is 6.66. The van der Waals surface area contributed by atoms with E-state index in [1.165, 1.54) is 0 Å². The summed E-state index contributed by atoms with van der Waals surface area (Å²) in [5, 5.41) is 2.97. The lowest BCUT2D eigenvalue weighted by Gasteiger charge is -2.34. The highest BCUT2D eigenvalue weighted by Gasteiger charge is 2.56. The maximum absolute atomic E-state index is 13.1. The van der Waals surface area contributed by atoms with Crippen LogP contribution in [-0.4, -0.2) is 35.1 Å². The maximum Gasteiger partial charge on any atom is 0.248 e. The predicted octanol–water partition coefficient (Wildman–Crippen LogP) is 3.61. The highest BCUT2D eigenvalue weighted by atomic mass is 32.2. The van der Waals surface area contributed by atoms with Gasteiger partial charge in [-0.25, -0.2) is 0 Å². The van der Waals surface area contributed by atoms with Crippen LogP contribution in [0.3, 0.4) is 0 Å². The minimum atomic E-state index is -0.486. The van der Waals surface area contributed by atoms with Crippen molar-refractivity contribution in [2.24, 2.45) is 0 Å². The molecule has 0 unspecified atom stereocenters. The molecule has 4 rings (SSSR count). The number of ether oxygens (including phenoxy) is 1. The van der Waals surface area contributed by atoms with E-state index in [0.717, 1.165) is 12.0 Å². The Hall–Kier alpha value is -2.47. The Labute approximate surface area is 163 Å². The molecule has 2 aromatic carbocycles. The molecular weight excluding hydrogens is 360 g/mol. The third kappa shape index (κ3) is 3.08. The van der Waals surface area contributed by atoms with Crippen LogP contribution in [0.2, 0.25) is 0 Å². The second-order valence-corrected chi connectivity index (χ2v) is 7.96. The van der Waals surface area contributed by atoms with Crippen LogP contribution in [0.15, 0.2) is 54.6 Å². The van der Waals surface area contributed by atoms with Gasteiger partial charge < -0.3 is 15.0 Å². The minimum Gasteiger partial charge on any atom is -0.492 e. The molecule has 2 fully saturated rings. The van der Waals surface area contributed by atoms with Gasteiger partial charge in [-0.05, 0) is 31.0 Å². The van der Waals surface area contributed by atoms with Crippen molar-refractivity contribution in [2.45, 2.75) is 30.7 Å². The Morgan fingerprint density at radius 2 is 1.96 bits per heavy atom. The van der Waals surface area contributed by atoms with Gasteiger partial charge in [0.1, 0.15) is 16.7 Å². The van der Waals surface area contributed by atoms with E-state index in [1.54, 1.807) is 16.7 Å². The number of benzene rings is 2. The standard InChI is InChI=1S/C21H22N2O3S/c1-2-26-18-11-7-6-10-16(18)22-20(25)17-14-27-21(13-12-19(24)23(17)21)15-8-4-3-5-9-15/h3-11,17H,2,12-14H2,1H3,(H,22,25)/t17-,21+/m1/s1. The van der Waals surface area contributed by atoms with Gasteiger partial charge in [0.25, 0.3) is 0 Å². The lowest BCUT2D eigenvalue weighted by molar-refractivity contribution is -0.136. The van der Waals surface area contributed by atoms with Gasteiger partial charge in [-0.2, -0.15) is 0 Å². The van der Waals surface area contributed by atoms with Crippen LogP contribution in [0.4, 0.5) is 5.69 Å². The molecule has 1 N–H and O–H groups in total. The molecule has 2 heterocycles. The zero-order valence-electron chi connectivity index (χ0n) is 15.2. The fourth-order valence-electron chi connectivity index (χ4n) is 3.90. The number of amides is 2. The Morgan fingerprint density at radius 3 is 2.74 bits per heavy atom. The van der Waals surface area contributed by atoms with Crippen LogP contribution in [0.1, 0.15) is 25.3 Å². The van der Waals surface area contributed by atoms with Gasteiger partial charge in [-0.1, -0.05) is 42.5 Å². The first-order chi connectivity index (χ1) is 13.2. The van der Waals surface area contributed by atoms with Crippen LogP contribution in [0.25, 0.3) is 0 Å². The van der Waals surface area contributed by atoms with Gasteiger partial charge >= 0.3 is 0 Å². The topological polar surface area (TPSA) is 58.6 Å². The number of anilines is 1. The highest BCUT2D eigenvalue weighted by molar-refractivity contribution is 8.00. The number of para-hydroxylation sites is 2.